The highest BCUT2D eigenvalue weighted by Gasteiger charge is 2.48. The summed E-state index contributed by atoms with van der Waals surface area (Å²) in [5, 5.41) is 0. The molecule has 0 atom stereocenters. The number of carbonyl (C=O) groups excluding carboxylic acids is 1. The van der Waals surface area contributed by atoms with Gasteiger partial charge in [0.1, 0.15) is 11.4 Å². The van der Waals surface area contributed by atoms with Crippen molar-refractivity contribution in [3.63, 3.8) is 0 Å². The lowest BCUT2D eigenvalue weighted by atomic mass is 9.75. The second-order valence-corrected chi connectivity index (χ2v) is 8.63. The van der Waals surface area contributed by atoms with Crippen molar-refractivity contribution in [3.8, 4) is 5.88 Å². The Morgan fingerprint density at radius 2 is 1.93 bits per heavy atom. The molecular formula is C20H25F2N3O2. The van der Waals surface area contributed by atoms with Crippen LogP contribution in [0.3, 0.4) is 0 Å². The minimum atomic E-state index is -2.66. The third kappa shape index (κ3) is 3.05. The van der Waals surface area contributed by atoms with Crippen LogP contribution in [-0.4, -0.2) is 53.5 Å². The molecule has 2 saturated carbocycles. The van der Waals surface area contributed by atoms with E-state index >= 15 is 0 Å². The molecule has 27 heavy (non-hydrogen) atoms. The van der Waals surface area contributed by atoms with Gasteiger partial charge in [-0.25, -0.2) is 13.8 Å². The normalized spacial score (nSPS) is 25.3. The maximum atomic E-state index is 13.3. The van der Waals surface area contributed by atoms with Crippen LogP contribution in [0.2, 0.25) is 0 Å². The van der Waals surface area contributed by atoms with Crippen LogP contribution < -0.4 is 9.64 Å². The van der Waals surface area contributed by atoms with Crippen molar-refractivity contribution in [2.75, 3.05) is 31.1 Å². The number of amides is 1. The molecule has 1 spiro atoms. The molecule has 5 rings (SSSR count). The summed E-state index contributed by atoms with van der Waals surface area (Å²) in [4.78, 5) is 21.2. The van der Waals surface area contributed by atoms with Gasteiger partial charge in [-0.15, -0.1) is 0 Å². The fraction of sp³-hybridized carbons (Fsp3) is 0.700. The maximum absolute atomic E-state index is 13.3. The lowest BCUT2D eigenvalue weighted by Gasteiger charge is -2.45. The molecule has 7 heteroatoms. The van der Waals surface area contributed by atoms with E-state index < -0.39 is 5.92 Å². The van der Waals surface area contributed by atoms with Gasteiger partial charge in [0, 0.05) is 12.1 Å². The molecule has 4 fully saturated rings. The molecule has 0 bridgehead atoms. The van der Waals surface area contributed by atoms with Crippen LogP contribution in [0.5, 0.6) is 5.88 Å². The number of nitrogens with zero attached hydrogens (tertiary/aromatic N) is 3. The van der Waals surface area contributed by atoms with Crippen molar-refractivity contribution in [2.45, 2.75) is 56.4 Å². The van der Waals surface area contributed by atoms with Gasteiger partial charge in [0.05, 0.1) is 19.7 Å². The van der Waals surface area contributed by atoms with E-state index in [1.807, 2.05) is 4.90 Å². The van der Waals surface area contributed by atoms with Gasteiger partial charge in [-0.3, -0.25) is 4.79 Å². The number of carbonyl (C=O) groups is 1. The standard InChI is InChI=1S/C20H25F2N3O2/c21-20(22)12-24(13-20)16-6-5-15(23-17(16)27-11-14-3-4-14)18(26)25-10-2-9-19(25)7-1-8-19/h5-6,14H,1-4,7-13H2. The van der Waals surface area contributed by atoms with E-state index in [2.05, 4.69) is 4.98 Å². The summed E-state index contributed by atoms with van der Waals surface area (Å²) in [5.74, 6) is -1.86. The highest BCUT2D eigenvalue weighted by Crippen LogP contribution is 2.46. The molecular weight excluding hydrogens is 352 g/mol. The Kier molecular flexibility index (Phi) is 3.85. The van der Waals surface area contributed by atoms with Crippen LogP contribution in [0.15, 0.2) is 12.1 Å². The highest BCUT2D eigenvalue weighted by molar-refractivity contribution is 5.93. The predicted octanol–water partition coefficient (Wildman–Crippen LogP) is 3.48. The van der Waals surface area contributed by atoms with Gasteiger partial charge < -0.3 is 14.5 Å². The van der Waals surface area contributed by atoms with Gasteiger partial charge in [0.2, 0.25) is 5.88 Å². The average Bonchev–Trinajstić information content (AvgIpc) is 3.31. The summed E-state index contributed by atoms with van der Waals surface area (Å²) in [6.07, 6.45) is 7.70. The van der Waals surface area contributed by atoms with Gasteiger partial charge >= 0.3 is 0 Å². The second kappa shape index (κ2) is 6.04. The molecule has 0 unspecified atom stereocenters. The van der Waals surface area contributed by atoms with Gasteiger partial charge in [0.25, 0.3) is 11.8 Å². The van der Waals surface area contributed by atoms with Crippen molar-refractivity contribution in [2.24, 2.45) is 5.92 Å². The number of anilines is 1. The molecule has 5 nitrogen and oxygen atoms in total. The SMILES string of the molecule is O=C(c1ccc(N2CC(F)(F)C2)c(OCC2CC2)n1)N1CCCC12CCC2. The van der Waals surface area contributed by atoms with Crippen LogP contribution in [0, 0.1) is 5.92 Å². The van der Waals surface area contributed by atoms with Crippen LogP contribution in [-0.2, 0) is 0 Å². The topological polar surface area (TPSA) is 45.7 Å². The van der Waals surface area contributed by atoms with Gasteiger partial charge in [0.15, 0.2) is 0 Å². The summed E-state index contributed by atoms with van der Waals surface area (Å²) in [6.45, 7) is 0.669. The minimum Gasteiger partial charge on any atom is -0.476 e. The number of rotatable bonds is 5. The van der Waals surface area contributed by atoms with Crippen molar-refractivity contribution < 1.29 is 18.3 Å². The predicted molar refractivity (Wildman–Crippen MR) is 96.5 cm³/mol. The lowest BCUT2D eigenvalue weighted by molar-refractivity contribution is -0.0265. The van der Waals surface area contributed by atoms with E-state index in [9.17, 15) is 13.6 Å². The third-order valence-electron chi connectivity index (χ3n) is 6.52. The van der Waals surface area contributed by atoms with Crippen LogP contribution in [0.1, 0.15) is 55.4 Å². The Labute approximate surface area is 157 Å². The molecule has 2 aliphatic carbocycles. The molecule has 1 aromatic heterocycles. The highest BCUT2D eigenvalue weighted by atomic mass is 19.3. The zero-order valence-corrected chi connectivity index (χ0v) is 15.4. The van der Waals surface area contributed by atoms with Crippen LogP contribution >= 0.6 is 0 Å². The Morgan fingerprint density at radius 1 is 1.19 bits per heavy atom. The Balaban J connectivity index is 1.39. The van der Waals surface area contributed by atoms with Crippen molar-refractivity contribution in [1.29, 1.82) is 0 Å². The number of hydrogen-bond donors (Lipinski definition) is 0. The first kappa shape index (κ1) is 17.2. The largest absolute Gasteiger partial charge is 0.476 e. The number of pyridine rings is 1. The lowest BCUT2D eigenvalue weighted by Crippen LogP contribution is -2.56. The van der Waals surface area contributed by atoms with E-state index in [1.54, 1.807) is 17.0 Å². The number of hydrogen-bond acceptors (Lipinski definition) is 4. The van der Waals surface area contributed by atoms with Crippen LogP contribution in [0.4, 0.5) is 14.5 Å². The molecule has 4 aliphatic rings. The molecule has 1 aromatic rings. The number of halogens is 2. The first-order valence-electron chi connectivity index (χ1n) is 10.0. The Hall–Kier alpha value is -1.92. The van der Waals surface area contributed by atoms with E-state index in [4.69, 9.17) is 4.74 Å². The van der Waals surface area contributed by atoms with E-state index in [-0.39, 0.29) is 24.5 Å². The van der Waals surface area contributed by atoms with Gasteiger partial charge in [-0.2, -0.15) is 0 Å². The Morgan fingerprint density at radius 3 is 2.56 bits per heavy atom. The fourth-order valence-corrected chi connectivity index (χ4v) is 4.56. The minimum absolute atomic E-state index is 0.0337. The third-order valence-corrected chi connectivity index (χ3v) is 6.52. The summed E-state index contributed by atoms with van der Waals surface area (Å²) >= 11 is 0. The van der Waals surface area contributed by atoms with Crippen molar-refractivity contribution in [3.05, 3.63) is 17.8 Å². The number of likely N-dealkylation sites (tertiary alicyclic amines) is 1. The number of alkyl halides is 2. The molecule has 1 amide bonds. The monoisotopic (exact) mass is 377 g/mol. The first-order chi connectivity index (χ1) is 13.0. The molecule has 0 N–H and O–H groups in total. The molecule has 2 saturated heterocycles. The molecule has 0 radical (unpaired) electrons. The van der Waals surface area contributed by atoms with E-state index in [0.717, 1.165) is 45.1 Å². The number of ether oxygens (including phenoxy) is 1. The van der Waals surface area contributed by atoms with E-state index in [0.29, 0.717) is 29.8 Å². The summed E-state index contributed by atoms with van der Waals surface area (Å²) in [6, 6.07) is 3.39. The summed E-state index contributed by atoms with van der Waals surface area (Å²) in [5.41, 5.74) is 0.967. The van der Waals surface area contributed by atoms with Crippen LogP contribution in [0.25, 0.3) is 0 Å². The average molecular weight is 377 g/mol. The van der Waals surface area contributed by atoms with Gasteiger partial charge in [-0.1, -0.05) is 0 Å². The smallest absolute Gasteiger partial charge is 0.282 e. The fourth-order valence-electron chi connectivity index (χ4n) is 4.56. The van der Waals surface area contributed by atoms with Gasteiger partial charge in [-0.05, 0) is 63.0 Å². The zero-order chi connectivity index (χ0) is 18.6. The van der Waals surface area contributed by atoms with E-state index in [1.165, 1.54) is 6.42 Å². The Bertz CT molecular complexity index is 754. The second-order valence-electron chi connectivity index (χ2n) is 8.63. The molecule has 146 valence electrons. The van der Waals surface area contributed by atoms with Crippen molar-refractivity contribution >= 4 is 11.6 Å². The van der Waals surface area contributed by atoms with Crippen molar-refractivity contribution in [1.82, 2.24) is 9.88 Å². The zero-order valence-electron chi connectivity index (χ0n) is 15.4. The number of aromatic nitrogens is 1. The molecule has 0 aromatic carbocycles. The molecule has 2 aliphatic heterocycles. The molecule has 3 heterocycles. The summed E-state index contributed by atoms with van der Waals surface area (Å²) < 4.78 is 32.5. The maximum Gasteiger partial charge on any atom is 0.282 e. The summed E-state index contributed by atoms with van der Waals surface area (Å²) in [7, 11) is 0. The quantitative estimate of drug-likeness (QED) is 0.788. The first-order valence-corrected chi connectivity index (χ1v) is 10.0.